The number of aryl methyl sites for hydroxylation is 2. The molecule has 0 bridgehead atoms. The van der Waals surface area contributed by atoms with Crippen molar-refractivity contribution in [3.8, 4) is 0 Å². The van der Waals surface area contributed by atoms with Crippen molar-refractivity contribution < 1.29 is 9.21 Å². The van der Waals surface area contributed by atoms with Crippen LogP contribution in [-0.2, 0) is 0 Å². The molecule has 1 aliphatic rings. The molecule has 0 aliphatic carbocycles. The summed E-state index contributed by atoms with van der Waals surface area (Å²) in [5.41, 5.74) is 0.710. The number of carbonyl (C=O) groups is 1. The van der Waals surface area contributed by atoms with Crippen molar-refractivity contribution >= 4 is 5.91 Å². The summed E-state index contributed by atoms with van der Waals surface area (Å²) in [5.74, 6) is 1.62. The first-order chi connectivity index (χ1) is 7.58. The highest BCUT2D eigenvalue weighted by Crippen LogP contribution is 2.16. The van der Waals surface area contributed by atoms with E-state index in [0.29, 0.717) is 5.56 Å². The molecule has 1 amide bonds. The fourth-order valence-corrected chi connectivity index (χ4v) is 2.02. The Balaban J connectivity index is 2.10. The smallest absolute Gasteiger partial charge is 0.257 e. The van der Waals surface area contributed by atoms with E-state index in [4.69, 9.17) is 4.42 Å². The molecule has 0 spiro atoms. The van der Waals surface area contributed by atoms with Gasteiger partial charge in [0.15, 0.2) is 0 Å². The van der Waals surface area contributed by atoms with E-state index in [1.165, 1.54) is 0 Å². The molecule has 2 rings (SSSR count). The lowest BCUT2D eigenvalue weighted by Crippen LogP contribution is -2.47. The van der Waals surface area contributed by atoms with Gasteiger partial charge in [-0.2, -0.15) is 0 Å². The highest BCUT2D eigenvalue weighted by atomic mass is 16.3. The minimum Gasteiger partial charge on any atom is -0.466 e. The van der Waals surface area contributed by atoms with E-state index >= 15 is 0 Å². The summed E-state index contributed by atoms with van der Waals surface area (Å²) >= 11 is 0. The molecule has 1 aliphatic heterocycles. The van der Waals surface area contributed by atoms with Gasteiger partial charge in [-0.25, -0.2) is 0 Å². The van der Waals surface area contributed by atoms with E-state index in [-0.39, 0.29) is 5.91 Å². The maximum atomic E-state index is 12.2. The van der Waals surface area contributed by atoms with Crippen LogP contribution in [0.15, 0.2) is 10.5 Å². The van der Waals surface area contributed by atoms with Crippen molar-refractivity contribution in [3.05, 3.63) is 23.2 Å². The van der Waals surface area contributed by atoms with Crippen LogP contribution in [0.25, 0.3) is 0 Å². The van der Waals surface area contributed by atoms with Crippen molar-refractivity contribution in [2.24, 2.45) is 0 Å². The third-order valence-corrected chi connectivity index (χ3v) is 3.06. The van der Waals surface area contributed by atoms with Crippen molar-refractivity contribution in [3.63, 3.8) is 0 Å². The molecule has 0 saturated carbocycles. The molecule has 1 fully saturated rings. The number of amides is 1. The molecule has 0 aromatic carbocycles. The van der Waals surface area contributed by atoms with Gasteiger partial charge in [0.1, 0.15) is 11.5 Å². The molecule has 4 nitrogen and oxygen atoms in total. The number of furan rings is 1. The largest absolute Gasteiger partial charge is 0.466 e. The average molecular weight is 222 g/mol. The van der Waals surface area contributed by atoms with Gasteiger partial charge < -0.3 is 14.2 Å². The number of nitrogens with zero attached hydrogens (tertiary/aromatic N) is 2. The molecule has 0 N–H and O–H groups in total. The number of hydrogen-bond acceptors (Lipinski definition) is 3. The second-order valence-corrected chi connectivity index (χ2v) is 4.42. The van der Waals surface area contributed by atoms with Crippen LogP contribution in [-0.4, -0.2) is 48.9 Å². The van der Waals surface area contributed by atoms with Crippen LogP contribution in [0.1, 0.15) is 21.9 Å². The van der Waals surface area contributed by atoms with E-state index in [9.17, 15) is 4.79 Å². The van der Waals surface area contributed by atoms with Crippen LogP contribution in [0.5, 0.6) is 0 Å². The Labute approximate surface area is 95.8 Å². The fraction of sp³-hybridized carbons (Fsp3) is 0.583. The predicted octanol–water partition coefficient (Wildman–Crippen LogP) is 1.28. The number of hydrogen-bond donors (Lipinski definition) is 0. The number of carbonyl (C=O) groups excluding carboxylic acids is 1. The number of rotatable bonds is 1. The average Bonchev–Trinajstić information content (AvgIpc) is 2.58. The lowest BCUT2D eigenvalue weighted by Gasteiger charge is -2.32. The first kappa shape index (κ1) is 11.2. The van der Waals surface area contributed by atoms with Gasteiger partial charge in [0.25, 0.3) is 5.91 Å². The predicted molar refractivity (Wildman–Crippen MR) is 61.6 cm³/mol. The maximum Gasteiger partial charge on any atom is 0.257 e. The zero-order chi connectivity index (χ0) is 11.7. The summed E-state index contributed by atoms with van der Waals surface area (Å²) in [6.07, 6.45) is 0. The lowest BCUT2D eigenvalue weighted by atomic mass is 10.2. The highest BCUT2D eigenvalue weighted by Gasteiger charge is 2.23. The van der Waals surface area contributed by atoms with Crippen LogP contribution in [0.3, 0.4) is 0 Å². The lowest BCUT2D eigenvalue weighted by molar-refractivity contribution is 0.0662. The normalized spacial score (nSPS) is 17.8. The van der Waals surface area contributed by atoms with Crippen molar-refractivity contribution in [2.75, 3.05) is 33.2 Å². The number of likely N-dealkylation sites (N-methyl/N-ethyl adjacent to an activating group) is 1. The molecule has 0 atom stereocenters. The monoisotopic (exact) mass is 222 g/mol. The van der Waals surface area contributed by atoms with Gasteiger partial charge >= 0.3 is 0 Å². The first-order valence-corrected chi connectivity index (χ1v) is 5.63. The molecule has 88 valence electrons. The molecule has 1 aromatic heterocycles. The zero-order valence-corrected chi connectivity index (χ0v) is 10.1. The molecule has 0 radical (unpaired) electrons. The van der Waals surface area contributed by atoms with E-state index in [1.807, 2.05) is 24.8 Å². The van der Waals surface area contributed by atoms with Gasteiger partial charge in [-0.1, -0.05) is 0 Å². The summed E-state index contributed by atoms with van der Waals surface area (Å²) in [6, 6.07) is 1.83. The van der Waals surface area contributed by atoms with Gasteiger partial charge in [0.2, 0.25) is 0 Å². The standard InChI is InChI=1S/C12H18N2O2/c1-9-8-11(10(2)16-9)12(15)14-6-4-13(3)5-7-14/h8H,4-7H2,1-3H3. The Bertz CT molecular complexity index is 390. The second-order valence-electron chi connectivity index (χ2n) is 4.42. The summed E-state index contributed by atoms with van der Waals surface area (Å²) < 4.78 is 5.39. The Morgan fingerprint density at radius 3 is 2.38 bits per heavy atom. The Morgan fingerprint density at radius 1 is 1.25 bits per heavy atom. The molecular formula is C12H18N2O2. The van der Waals surface area contributed by atoms with E-state index in [1.54, 1.807) is 0 Å². The van der Waals surface area contributed by atoms with Crippen LogP contribution in [0, 0.1) is 13.8 Å². The minimum absolute atomic E-state index is 0.0995. The highest BCUT2D eigenvalue weighted by molar-refractivity contribution is 5.95. The zero-order valence-electron chi connectivity index (χ0n) is 10.1. The maximum absolute atomic E-state index is 12.2. The van der Waals surface area contributed by atoms with E-state index < -0.39 is 0 Å². The molecule has 0 unspecified atom stereocenters. The Kier molecular flexibility index (Phi) is 3.01. The SMILES string of the molecule is Cc1cc(C(=O)N2CCN(C)CC2)c(C)o1. The van der Waals surface area contributed by atoms with Crippen molar-refractivity contribution in [2.45, 2.75) is 13.8 Å². The van der Waals surface area contributed by atoms with Crippen LogP contribution in [0.2, 0.25) is 0 Å². The Morgan fingerprint density at radius 2 is 1.88 bits per heavy atom. The van der Waals surface area contributed by atoms with Crippen molar-refractivity contribution in [1.82, 2.24) is 9.80 Å². The fourth-order valence-electron chi connectivity index (χ4n) is 2.02. The van der Waals surface area contributed by atoms with Crippen LogP contribution >= 0.6 is 0 Å². The molecular weight excluding hydrogens is 204 g/mol. The third-order valence-electron chi connectivity index (χ3n) is 3.06. The molecule has 4 heteroatoms. The van der Waals surface area contributed by atoms with Gasteiger partial charge in [0.05, 0.1) is 5.56 Å². The van der Waals surface area contributed by atoms with E-state index in [0.717, 1.165) is 37.7 Å². The molecule has 16 heavy (non-hydrogen) atoms. The van der Waals surface area contributed by atoms with Gasteiger partial charge in [-0.15, -0.1) is 0 Å². The third kappa shape index (κ3) is 2.11. The summed E-state index contributed by atoms with van der Waals surface area (Å²) in [5, 5.41) is 0. The minimum atomic E-state index is 0.0995. The molecule has 1 saturated heterocycles. The van der Waals surface area contributed by atoms with E-state index in [2.05, 4.69) is 11.9 Å². The Hall–Kier alpha value is -1.29. The van der Waals surface area contributed by atoms with Gasteiger partial charge in [-0.3, -0.25) is 4.79 Å². The summed E-state index contributed by atoms with van der Waals surface area (Å²) in [7, 11) is 2.08. The van der Waals surface area contributed by atoms with Crippen LogP contribution < -0.4 is 0 Å². The van der Waals surface area contributed by atoms with Crippen LogP contribution in [0.4, 0.5) is 0 Å². The molecule has 1 aromatic rings. The van der Waals surface area contributed by atoms with Gasteiger partial charge in [-0.05, 0) is 27.0 Å². The summed E-state index contributed by atoms with van der Waals surface area (Å²) in [6.45, 7) is 7.21. The quantitative estimate of drug-likeness (QED) is 0.718. The van der Waals surface area contributed by atoms with Crippen molar-refractivity contribution in [1.29, 1.82) is 0 Å². The van der Waals surface area contributed by atoms with Gasteiger partial charge in [0, 0.05) is 26.2 Å². The topological polar surface area (TPSA) is 36.7 Å². The first-order valence-electron chi connectivity index (χ1n) is 5.63. The second kappa shape index (κ2) is 4.29. The summed E-state index contributed by atoms with van der Waals surface area (Å²) in [4.78, 5) is 16.3. The number of piperazine rings is 1. The molecule has 2 heterocycles.